The van der Waals surface area contributed by atoms with Crippen molar-refractivity contribution < 1.29 is 18.0 Å². The van der Waals surface area contributed by atoms with E-state index in [-0.39, 0.29) is 6.54 Å². The second-order valence-electron chi connectivity index (χ2n) is 6.16. The summed E-state index contributed by atoms with van der Waals surface area (Å²) < 4.78 is 41.1. The fourth-order valence-corrected chi connectivity index (χ4v) is 3.30. The summed E-state index contributed by atoms with van der Waals surface area (Å²) in [5.41, 5.74) is 0.209. The Hall–Kier alpha value is -2.60. The highest BCUT2D eigenvalue weighted by Crippen LogP contribution is 2.33. The van der Waals surface area contributed by atoms with Gasteiger partial charge in [0.1, 0.15) is 0 Å². The standard InChI is InChI=1S/C22H15BrF3NO/c1-15-6-4-9-18(12-15)27(14-16-7-5-8-17(23)13-16)21(28)19-10-2-3-11-20(19)22(24,25)26/h1-13H,14H2. The number of halogens is 4. The van der Waals surface area contributed by atoms with E-state index in [2.05, 4.69) is 15.9 Å². The molecule has 0 bridgehead atoms. The summed E-state index contributed by atoms with van der Waals surface area (Å²) in [6.45, 7) is 5.92. The number of hydrogen-bond donors (Lipinski definition) is 0. The Bertz CT molecular complexity index is 1000. The van der Waals surface area contributed by atoms with E-state index in [0.29, 0.717) is 11.3 Å². The molecule has 0 atom stereocenters. The van der Waals surface area contributed by atoms with E-state index in [1.807, 2.05) is 12.1 Å². The van der Waals surface area contributed by atoms with Crippen LogP contribution in [0.2, 0.25) is 0 Å². The lowest BCUT2D eigenvalue weighted by molar-refractivity contribution is -0.137. The van der Waals surface area contributed by atoms with Crippen molar-refractivity contribution in [1.29, 1.82) is 0 Å². The molecule has 1 amide bonds. The molecule has 0 spiro atoms. The van der Waals surface area contributed by atoms with Crippen molar-refractivity contribution in [2.45, 2.75) is 12.7 Å². The van der Waals surface area contributed by atoms with Crippen molar-refractivity contribution in [2.75, 3.05) is 4.90 Å². The fraction of sp³-hybridized carbons (Fsp3) is 0.0909. The summed E-state index contributed by atoms with van der Waals surface area (Å²) in [6.07, 6.45) is -4.64. The van der Waals surface area contributed by atoms with Crippen LogP contribution in [0.1, 0.15) is 27.0 Å². The van der Waals surface area contributed by atoms with E-state index in [1.54, 1.807) is 36.4 Å². The lowest BCUT2D eigenvalue weighted by Gasteiger charge is -2.25. The van der Waals surface area contributed by atoms with Crippen LogP contribution in [0.4, 0.5) is 18.9 Å². The highest BCUT2D eigenvalue weighted by atomic mass is 79.9. The zero-order valence-electron chi connectivity index (χ0n) is 14.6. The maximum atomic E-state index is 13.4. The minimum atomic E-state index is -4.64. The molecule has 3 aromatic rings. The van der Waals surface area contributed by atoms with E-state index in [0.717, 1.165) is 16.1 Å². The van der Waals surface area contributed by atoms with Crippen LogP contribution in [-0.2, 0) is 12.7 Å². The lowest BCUT2D eigenvalue weighted by atomic mass is 10.0. The molecule has 142 valence electrons. The van der Waals surface area contributed by atoms with Crippen LogP contribution in [0.3, 0.4) is 0 Å². The zero-order chi connectivity index (χ0) is 20.3. The third kappa shape index (κ3) is 4.62. The van der Waals surface area contributed by atoms with Crippen molar-refractivity contribution in [3.05, 3.63) is 106 Å². The van der Waals surface area contributed by atoms with Crippen molar-refractivity contribution >= 4 is 27.5 Å². The lowest BCUT2D eigenvalue weighted by Crippen LogP contribution is -2.32. The molecule has 0 aromatic heterocycles. The topological polar surface area (TPSA) is 20.3 Å². The number of amides is 1. The molecule has 0 N–H and O–H groups in total. The number of rotatable bonds is 4. The molecule has 0 aliphatic rings. The molecule has 6 heteroatoms. The normalized spacial score (nSPS) is 11.3. The highest BCUT2D eigenvalue weighted by Gasteiger charge is 2.36. The van der Waals surface area contributed by atoms with Crippen LogP contribution in [-0.4, -0.2) is 5.91 Å². The summed E-state index contributed by atoms with van der Waals surface area (Å²) in [4.78, 5) is 14.5. The Morgan fingerprint density at radius 2 is 1.68 bits per heavy atom. The van der Waals surface area contributed by atoms with Crippen LogP contribution < -0.4 is 4.90 Å². The van der Waals surface area contributed by atoms with Gasteiger partial charge < -0.3 is 4.90 Å². The highest BCUT2D eigenvalue weighted by molar-refractivity contribution is 9.10. The molecular formula is C22H15BrF3NO. The number of benzene rings is 3. The molecule has 3 aromatic carbocycles. The summed E-state index contributed by atoms with van der Waals surface area (Å²) in [5, 5.41) is 0. The third-order valence-electron chi connectivity index (χ3n) is 4.12. The minimum Gasteiger partial charge on any atom is -0.304 e. The molecule has 3 rings (SSSR count). The van der Waals surface area contributed by atoms with E-state index in [1.165, 1.54) is 23.1 Å². The summed E-state index contributed by atoms with van der Waals surface area (Å²) in [7, 11) is 0. The van der Waals surface area contributed by atoms with Gasteiger partial charge in [-0.25, -0.2) is 0 Å². The molecule has 0 saturated carbocycles. The van der Waals surface area contributed by atoms with Crippen LogP contribution in [0, 0.1) is 6.92 Å². The van der Waals surface area contributed by atoms with E-state index >= 15 is 0 Å². The predicted molar refractivity (Wildman–Crippen MR) is 106 cm³/mol. The molecule has 28 heavy (non-hydrogen) atoms. The Kier molecular flexibility index (Phi) is 5.89. The van der Waals surface area contributed by atoms with Crippen LogP contribution in [0.25, 0.3) is 0 Å². The van der Waals surface area contributed by atoms with Crippen LogP contribution in [0.5, 0.6) is 0 Å². The average Bonchev–Trinajstić information content (AvgIpc) is 2.65. The average molecular weight is 446 g/mol. The molecule has 0 heterocycles. The Morgan fingerprint density at radius 3 is 2.36 bits per heavy atom. The Balaban J connectivity index is 2.08. The van der Waals surface area contributed by atoms with Gasteiger partial charge in [-0.1, -0.05) is 52.3 Å². The Morgan fingerprint density at radius 1 is 0.964 bits per heavy atom. The molecule has 0 aliphatic carbocycles. The molecule has 0 fully saturated rings. The van der Waals surface area contributed by atoms with Gasteiger partial charge in [0.15, 0.2) is 0 Å². The van der Waals surface area contributed by atoms with Gasteiger partial charge in [-0.2, -0.15) is 13.2 Å². The first-order chi connectivity index (χ1) is 13.3. The molecule has 2 nitrogen and oxygen atoms in total. The SMILES string of the molecule is [CH]c1cccc(N(Cc2cccc(Br)c2)C(=O)c2ccccc2C(F)(F)F)c1. The second kappa shape index (κ2) is 8.19. The largest absolute Gasteiger partial charge is 0.417 e. The van der Waals surface area contributed by atoms with Crippen molar-refractivity contribution in [1.82, 2.24) is 0 Å². The number of hydrogen-bond acceptors (Lipinski definition) is 1. The van der Waals surface area contributed by atoms with Gasteiger partial charge in [0.05, 0.1) is 17.7 Å². The third-order valence-corrected chi connectivity index (χ3v) is 4.61. The summed E-state index contributed by atoms with van der Waals surface area (Å²) in [6, 6.07) is 18.5. The monoisotopic (exact) mass is 445 g/mol. The van der Waals surface area contributed by atoms with Gasteiger partial charge in [0, 0.05) is 10.2 Å². The number of nitrogens with zero attached hydrogens (tertiary/aromatic N) is 1. The molecular weight excluding hydrogens is 431 g/mol. The van der Waals surface area contributed by atoms with Gasteiger partial charge in [0.2, 0.25) is 0 Å². The van der Waals surface area contributed by atoms with Gasteiger partial charge in [0.25, 0.3) is 5.91 Å². The van der Waals surface area contributed by atoms with E-state index < -0.39 is 23.2 Å². The van der Waals surface area contributed by atoms with Gasteiger partial charge in [-0.15, -0.1) is 0 Å². The summed E-state index contributed by atoms with van der Waals surface area (Å²) >= 11 is 3.37. The van der Waals surface area contributed by atoms with Crippen molar-refractivity contribution in [3.63, 3.8) is 0 Å². The zero-order valence-corrected chi connectivity index (χ0v) is 16.2. The van der Waals surface area contributed by atoms with Gasteiger partial charge in [-0.3, -0.25) is 4.79 Å². The second-order valence-corrected chi connectivity index (χ2v) is 7.08. The van der Waals surface area contributed by atoms with E-state index in [4.69, 9.17) is 6.92 Å². The van der Waals surface area contributed by atoms with E-state index in [9.17, 15) is 18.0 Å². The van der Waals surface area contributed by atoms with Gasteiger partial charge >= 0.3 is 6.18 Å². The first-order valence-corrected chi connectivity index (χ1v) is 9.13. The number of anilines is 1. The van der Waals surface area contributed by atoms with Crippen LogP contribution >= 0.6 is 15.9 Å². The van der Waals surface area contributed by atoms with Crippen LogP contribution in [0.15, 0.2) is 77.3 Å². The smallest absolute Gasteiger partial charge is 0.304 e. The van der Waals surface area contributed by atoms with Crippen molar-refractivity contribution in [3.8, 4) is 0 Å². The first kappa shape index (κ1) is 20.1. The molecule has 0 saturated heterocycles. The Labute approximate surface area is 169 Å². The fourth-order valence-electron chi connectivity index (χ4n) is 2.85. The number of carbonyl (C=O) groups excluding carboxylic acids is 1. The maximum absolute atomic E-state index is 13.4. The molecule has 2 radical (unpaired) electrons. The minimum absolute atomic E-state index is 0.0912. The van der Waals surface area contributed by atoms with Crippen molar-refractivity contribution in [2.24, 2.45) is 0 Å². The molecule has 0 unspecified atom stereocenters. The first-order valence-electron chi connectivity index (χ1n) is 8.34. The quantitative estimate of drug-likeness (QED) is 0.456. The maximum Gasteiger partial charge on any atom is 0.417 e. The summed E-state index contributed by atoms with van der Waals surface area (Å²) in [5.74, 6) is -0.751. The number of alkyl halides is 3. The number of carbonyl (C=O) groups is 1. The molecule has 0 aliphatic heterocycles. The predicted octanol–water partition coefficient (Wildman–Crippen LogP) is 6.37. The van der Waals surface area contributed by atoms with Gasteiger partial charge in [-0.05, 0) is 54.4 Å².